The van der Waals surface area contributed by atoms with Crippen LogP contribution in [0.1, 0.15) is 12.0 Å². The maximum Gasteiger partial charge on any atom is 0.129 e. The van der Waals surface area contributed by atoms with Gasteiger partial charge in [0.05, 0.1) is 6.54 Å². The summed E-state index contributed by atoms with van der Waals surface area (Å²) in [7, 11) is 0. The summed E-state index contributed by atoms with van der Waals surface area (Å²) in [4.78, 5) is 8.16. The number of pyridine rings is 1. The minimum absolute atomic E-state index is 0.536. The highest BCUT2D eigenvalue weighted by Gasteiger charge is 2.02. The van der Waals surface area contributed by atoms with Crippen LogP contribution in [-0.2, 0) is 0 Å². The van der Waals surface area contributed by atoms with E-state index in [9.17, 15) is 0 Å². The van der Waals surface area contributed by atoms with Crippen LogP contribution in [0, 0.1) is 0 Å². The van der Waals surface area contributed by atoms with Crippen molar-refractivity contribution in [3.8, 4) is 0 Å². The Labute approximate surface area is 82.0 Å². The number of aromatic nitrogens is 1. The van der Waals surface area contributed by atoms with Gasteiger partial charge in [-0.1, -0.05) is 23.7 Å². The van der Waals surface area contributed by atoms with Gasteiger partial charge >= 0.3 is 0 Å². The lowest BCUT2D eigenvalue weighted by Gasteiger charge is -2.07. The number of hydrogen-bond acceptors (Lipinski definition) is 2. The lowest BCUT2D eigenvalue weighted by atomic mass is 10.0. The molecule has 1 aliphatic rings. The van der Waals surface area contributed by atoms with Crippen molar-refractivity contribution in [2.24, 2.45) is 4.99 Å². The Morgan fingerprint density at radius 3 is 2.85 bits per heavy atom. The zero-order valence-corrected chi connectivity index (χ0v) is 7.83. The minimum atomic E-state index is 0.536. The standard InChI is InChI=1S/C10H9ClN2/c11-10-2-1-9(7-13-10)8-3-5-12-6-4-8/h1-3,6-7H,4-5H2. The summed E-state index contributed by atoms with van der Waals surface area (Å²) in [6, 6.07) is 3.80. The fourth-order valence-corrected chi connectivity index (χ4v) is 1.40. The molecule has 1 aromatic rings. The molecule has 1 aliphatic heterocycles. The fraction of sp³-hybridized carbons (Fsp3) is 0.200. The molecule has 0 N–H and O–H groups in total. The Morgan fingerprint density at radius 1 is 1.31 bits per heavy atom. The lowest BCUT2D eigenvalue weighted by molar-refractivity contribution is 1.19. The third-order valence-electron chi connectivity index (χ3n) is 1.98. The van der Waals surface area contributed by atoms with E-state index in [1.807, 2.05) is 18.3 Å². The number of dihydropyridines is 1. The second-order valence-electron chi connectivity index (χ2n) is 2.85. The molecule has 13 heavy (non-hydrogen) atoms. The van der Waals surface area contributed by atoms with Crippen LogP contribution in [0.25, 0.3) is 5.57 Å². The average Bonchev–Trinajstić information content (AvgIpc) is 2.20. The molecule has 0 amide bonds. The number of rotatable bonds is 1. The largest absolute Gasteiger partial charge is 0.293 e. The van der Waals surface area contributed by atoms with Gasteiger partial charge in [0.15, 0.2) is 0 Å². The summed E-state index contributed by atoms with van der Waals surface area (Å²) >= 11 is 5.69. The molecular weight excluding hydrogens is 184 g/mol. The fourth-order valence-electron chi connectivity index (χ4n) is 1.29. The molecule has 1 aromatic heterocycles. The third kappa shape index (κ3) is 1.95. The molecule has 0 saturated carbocycles. The molecular formula is C10H9ClN2. The number of halogens is 1. The number of nitrogens with zero attached hydrogens (tertiary/aromatic N) is 2. The Hall–Kier alpha value is -1.15. The first-order chi connectivity index (χ1) is 6.36. The first kappa shape index (κ1) is 8.45. The summed E-state index contributed by atoms with van der Waals surface area (Å²) in [5.41, 5.74) is 2.41. The van der Waals surface area contributed by atoms with Gasteiger partial charge in [0.1, 0.15) is 5.15 Å². The van der Waals surface area contributed by atoms with Gasteiger partial charge in [0.25, 0.3) is 0 Å². The lowest BCUT2D eigenvalue weighted by Crippen LogP contribution is -1.94. The molecule has 0 fully saturated rings. The van der Waals surface area contributed by atoms with E-state index in [1.54, 1.807) is 6.20 Å². The van der Waals surface area contributed by atoms with Crippen molar-refractivity contribution in [2.45, 2.75) is 6.42 Å². The van der Waals surface area contributed by atoms with Crippen molar-refractivity contribution in [1.29, 1.82) is 0 Å². The van der Waals surface area contributed by atoms with Crippen LogP contribution in [0.15, 0.2) is 29.4 Å². The normalized spacial score (nSPS) is 15.6. The van der Waals surface area contributed by atoms with Crippen LogP contribution in [0.4, 0.5) is 0 Å². The molecule has 0 radical (unpaired) electrons. The second-order valence-corrected chi connectivity index (χ2v) is 3.24. The Kier molecular flexibility index (Phi) is 2.41. The van der Waals surface area contributed by atoms with E-state index in [-0.39, 0.29) is 0 Å². The average molecular weight is 193 g/mol. The first-order valence-electron chi connectivity index (χ1n) is 4.15. The number of allylic oxidation sites excluding steroid dienone is 1. The first-order valence-corrected chi connectivity index (χ1v) is 4.53. The van der Waals surface area contributed by atoms with Gasteiger partial charge in [0, 0.05) is 18.8 Å². The SMILES string of the molecule is Clc1ccc(C2=CCN=CC2)cn1. The smallest absolute Gasteiger partial charge is 0.129 e. The van der Waals surface area contributed by atoms with E-state index in [0.29, 0.717) is 5.15 Å². The second kappa shape index (κ2) is 3.71. The summed E-state index contributed by atoms with van der Waals surface area (Å²) < 4.78 is 0. The van der Waals surface area contributed by atoms with Gasteiger partial charge in [-0.2, -0.15) is 0 Å². The summed E-state index contributed by atoms with van der Waals surface area (Å²) in [6.07, 6.45) is 6.74. The Bertz CT molecular complexity index is 352. The molecule has 0 aromatic carbocycles. The van der Waals surface area contributed by atoms with Crippen LogP contribution >= 0.6 is 11.6 Å². The Morgan fingerprint density at radius 2 is 2.23 bits per heavy atom. The van der Waals surface area contributed by atoms with E-state index in [1.165, 1.54) is 5.57 Å². The molecule has 66 valence electrons. The van der Waals surface area contributed by atoms with Crippen molar-refractivity contribution < 1.29 is 0 Å². The monoisotopic (exact) mass is 192 g/mol. The molecule has 2 heterocycles. The Balaban J connectivity index is 2.25. The third-order valence-corrected chi connectivity index (χ3v) is 2.21. The number of hydrogen-bond donors (Lipinski definition) is 0. The maximum atomic E-state index is 5.69. The molecule has 0 spiro atoms. The van der Waals surface area contributed by atoms with E-state index in [2.05, 4.69) is 16.1 Å². The van der Waals surface area contributed by atoms with Crippen molar-refractivity contribution in [1.82, 2.24) is 4.98 Å². The zero-order chi connectivity index (χ0) is 9.10. The van der Waals surface area contributed by atoms with Gasteiger partial charge in [-0.3, -0.25) is 4.99 Å². The van der Waals surface area contributed by atoms with Crippen LogP contribution in [0.3, 0.4) is 0 Å². The van der Waals surface area contributed by atoms with E-state index in [4.69, 9.17) is 11.6 Å². The number of aliphatic imine (C=N–C) groups is 1. The van der Waals surface area contributed by atoms with Crippen molar-refractivity contribution in [3.05, 3.63) is 35.1 Å². The molecule has 0 saturated heterocycles. The van der Waals surface area contributed by atoms with Gasteiger partial charge in [-0.15, -0.1) is 0 Å². The summed E-state index contributed by atoms with van der Waals surface area (Å²) in [5, 5.41) is 0.536. The molecule has 3 heteroatoms. The van der Waals surface area contributed by atoms with Crippen LogP contribution in [-0.4, -0.2) is 17.7 Å². The van der Waals surface area contributed by atoms with E-state index in [0.717, 1.165) is 18.5 Å². The van der Waals surface area contributed by atoms with Crippen molar-refractivity contribution in [2.75, 3.05) is 6.54 Å². The van der Waals surface area contributed by atoms with E-state index < -0.39 is 0 Å². The van der Waals surface area contributed by atoms with Crippen LogP contribution in [0.5, 0.6) is 0 Å². The molecule has 0 unspecified atom stereocenters. The van der Waals surface area contributed by atoms with Crippen LogP contribution in [0.2, 0.25) is 5.15 Å². The van der Waals surface area contributed by atoms with Gasteiger partial charge in [-0.05, 0) is 17.2 Å². The highest BCUT2D eigenvalue weighted by Crippen LogP contribution is 2.19. The van der Waals surface area contributed by atoms with Crippen molar-refractivity contribution >= 4 is 23.4 Å². The highest BCUT2D eigenvalue weighted by molar-refractivity contribution is 6.29. The summed E-state index contributed by atoms with van der Waals surface area (Å²) in [6.45, 7) is 0.776. The topological polar surface area (TPSA) is 25.2 Å². The maximum absolute atomic E-state index is 5.69. The van der Waals surface area contributed by atoms with Gasteiger partial charge < -0.3 is 0 Å². The van der Waals surface area contributed by atoms with Gasteiger partial charge in [0.2, 0.25) is 0 Å². The molecule has 2 rings (SSSR count). The molecule has 0 aliphatic carbocycles. The molecule has 2 nitrogen and oxygen atoms in total. The van der Waals surface area contributed by atoms with Crippen LogP contribution < -0.4 is 0 Å². The molecule has 0 bridgehead atoms. The quantitative estimate of drug-likeness (QED) is 0.628. The van der Waals surface area contributed by atoms with Crippen molar-refractivity contribution in [3.63, 3.8) is 0 Å². The van der Waals surface area contributed by atoms with E-state index >= 15 is 0 Å². The predicted octanol–water partition coefficient (Wildman–Crippen LogP) is 2.59. The highest BCUT2D eigenvalue weighted by atomic mass is 35.5. The predicted molar refractivity (Wildman–Crippen MR) is 55.2 cm³/mol. The molecule has 0 atom stereocenters. The summed E-state index contributed by atoms with van der Waals surface area (Å²) in [5.74, 6) is 0. The zero-order valence-electron chi connectivity index (χ0n) is 7.07. The van der Waals surface area contributed by atoms with Gasteiger partial charge in [-0.25, -0.2) is 4.98 Å². The minimum Gasteiger partial charge on any atom is -0.293 e.